The van der Waals surface area contributed by atoms with Crippen LogP contribution in [0.5, 0.6) is 5.75 Å². The predicted molar refractivity (Wildman–Crippen MR) is 71.6 cm³/mol. The Morgan fingerprint density at radius 3 is 2.78 bits per heavy atom. The molecule has 0 aliphatic heterocycles. The van der Waals surface area contributed by atoms with Crippen LogP contribution in [0, 0.1) is 0 Å². The summed E-state index contributed by atoms with van der Waals surface area (Å²) in [5, 5.41) is 3.52. The van der Waals surface area contributed by atoms with E-state index in [1.54, 1.807) is 19.6 Å². The Morgan fingerprint density at radius 1 is 1.28 bits per heavy atom. The molecule has 3 nitrogen and oxygen atoms in total. The minimum Gasteiger partial charge on any atom is -0.496 e. The molecule has 1 N–H and O–H groups in total. The van der Waals surface area contributed by atoms with Crippen molar-refractivity contribution in [1.82, 2.24) is 5.32 Å². The first-order chi connectivity index (χ1) is 8.85. The average molecular weight is 245 g/mol. The molecule has 0 aliphatic rings. The lowest BCUT2D eigenvalue weighted by Crippen LogP contribution is -2.20. The van der Waals surface area contributed by atoms with Crippen molar-refractivity contribution in [3.05, 3.63) is 54.0 Å². The molecule has 18 heavy (non-hydrogen) atoms. The van der Waals surface area contributed by atoms with Gasteiger partial charge in [0.25, 0.3) is 0 Å². The Hall–Kier alpha value is -1.74. The zero-order chi connectivity index (χ0) is 12.8. The highest BCUT2D eigenvalue weighted by molar-refractivity contribution is 5.35. The van der Waals surface area contributed by atoms with Gasteiger partial charge in [0.2, 0.25) is 0 Å². The summed E-state index contributed by atoms with van der Waals surface area (Å²) in [7, 11) is 1.71. The summed E-state index contributed by atoms with van der Waals surface area (Å²) in [4.78, 5) is 0. The standard InChI is InChI=1S/C15H19NO2/c1-3-14(16-10-12-8-9-18-11-12)13-6-4-5-7-15(13)17-2/h4-9,11,14,16H,3,10H2,1-2H3. The number of para-hydroxylation sites is 1. The number of methoxy groups -OCH3 is 1. The average Bonchev–Trinajstić information content (AvgIpc) is 2.93. The molecule has 0 amide bonds. The first kappa shape index (κ1) is 12.7. The minimum absolute atomic E-state index is 0.288. The van der Waals surface area contributed by atoms with Crippen molar-refractivity contribution in [3.63, 3.8) is 0 Å². The number of hydrogen-bond acceptors (Lipinski definition) is 3. The first-order valence-electron chi connectivity index (χ1n) is 6.22. The van der Waals surface area contributed by atoms with Crippen molar-refractivity contribution in [2.24, 2.45) is 0 Å². The molecule has 0 saturated heterocycles. The molecule has 0 saturated carbocycles. The van der Waals surface area contributed by atoms with Crippen molar-refractivity contribution in [1.29, 1.82) is 0 Å². The Balaban J connectivity index is 2.08. The van der Waals surface area contributed by atoms with E-state index in [9.17, 15) is 0 Å². The molecular weight excluding hydrogens is 226 g/mol. The van der Waals surface area contributed by atoms with Gasteiger partial charge < -0.3 is 14.5 Å². The zero-order valence-corrected chi connectivity index (χ0v) is 10.8. The molecule has 96 valence electrons. The van der Waals surface area contributed by atoms with E-state index in [2.05, 4.69) is 18.3 Å². The van der Waals surface area contributed by atoms with Crippen LogP contribution in [-0.2, 0) is 6.54 Å². The molecule has 1 aromatic heterocycles. The van der Waals surface area contributed by atoms with E-state index in [0.717, 1.165) is 24.3 Å². The third-order valence-corrected chi connectivity index (χ3v) is 3.06. The van der Waals surface area contributed by atoms with Gasteiger partial charge in [-0.1, -0.05) is 25.1 Å². The van der Waals surface area contributed by atoms with Crippen LogP contribution >= 0.6 is 0 Å². The van der Waals surface area contributed by atoms with E-state index in [-0.39, 0.29) is 6.04 Å². The van der Waals surface area contributed by atoms with Crippen LogP contribution in [-0.4, -0.2) is 7.11 Å². The lowest BCUT2D eigenvalue weighted by molar-refractivity contribution is 0.396. The number of furan rings is 1. The van der Waals surface area contributed by atoms with Crippen LogP contribution in [0.1, 0.15) is 30.5 Å². The molecule has 1 aromatic carbocycles. The van der Waals surface area contributed by atoms with Gasteiger partial charge in [0, 0.05) is 23.7 Å². The maximum Gasteiger partial charge on any atom is 0.123 e. The van der Waals surface area contributed by atoms with Crippen LogP contribution in [0.15, 0.2) is 47.3 Å². The van der Waals surface area contributed by atoms with E-state index in [1.165, 1.54) is 5.56 Å². The number of ether oxygens (including phenoxy) is 1. The fourth-order valence-electron chi connectivity index (χ4n) is 2.06. The van der Waals surface area contributed by atoms with Gasteiger partial charge in [-0.15, -0.1) is 0 Å². The molecule has 1 atom stereocenters. The Labute approximate surface area is 108 Å². The molecule has 3 heteroatoms. The molecule has 1 heterocycles. The van der Waals surface area contributed by atoms with Crippen molar-refractivity contribution in [2.75, 3.05) is 7.11 Å². The Bertz CT molecular complexity index is 465. The molecular formula is C15H19NO2. The molecule has 0 aliphatic carbocycles. The largest absolute Gasteiger partial charge is 0.496 e. The second-order valence-electron chi connectivity index (χ2n) is 4.22. The molecule has 2 rings (SSSR count). The smallest absolute Gasteiger partial charge is 0.123 e. The first-order valence-corrected chi connectivity index (χ1v) is 6.22. The van der Waals surface area contributed by atoms with E-state index in [4.69, 9.17) is 9.15 Å². The van der Waals surface area contributed by atoms with Crippen LogP contribution in [0.4, 0.5) is 0 Å². The topological polar surface area (TPSA) is 34.4 Å². The summed E-state index contributed by atoms with van der Waals surface area (Å²) in [6.45, 7) is 2.96. The summed E-state index contributed by atoms with van der Waals surface area (Å²) in [6, 6.07) is 10.4. The van der Waals surface area contributed by atoms with Gasteiger partial charge in [0.05, 0.1) is 19.6 Å². The lowest BCUT2D eigenvalue weighted by atomic mass is 10.0. The van der Waals surface area contributed by atoms with Gasteiger partial charge in [-0.25, -0.2) is 0 Å². The van der Waals surface area contributed by atoms with Crippen LogP contribution in [0.25, 0.3) is 0 Å². The number of hydrogen-bond donors (Lipinski definition) is 1. The van der Waals surface area contributed by atoms with Gasteiger partial charge in [0.1, 0.15) is 5.75 Å². The predicted octanol–water partition coefficient (Wildman–Crippen LogP) is 3.53. The fraction of sp³-hybridized carbons (Fsp3) is 0.333. The third kappa shape index (κ3) is 2.93. The molecule has 1 unspecified atom stereocenters. The quantitative estimate of drug-likeness (QED) is 0.845. The van der Waals surface area contributed by atoms with Crippen LogP contribution in [0.2, 0.25) is 0 Å². The fourth-order valence-corrected chi connectivity index (χ4v) is 2.06. The highest BCUT2D eigenvalue weighted by Crippen LogP contribution is 2.27. The summed E-state index contributed by atoms with van der Waals surface area (Å²) in [5.74, 6) is 0.934. The summed E-state index contributed by atoms with van der Waals surface area (Å²) >= 11 is 0. The highest BCUT2D eigenvalue weighted by atomic mass is 16.5. The Kier molecular flexibility index (Phi) is 4.42. The maximum atomic E-state index is 5.41. The van der Waals surface area contributed by atoms with Crippen LogP contribution in [0.3, 0.4) is 0 Å². The zero-order valence-electron chi connectivity index (χ0n) is 10.8. The lowest BCUT2D eigenvalue weighted by Gasteiger charge is -2.19. The Morgan fingerprint density at radius 2 is 2.11 bits per heavy atom. The second-order valence-corrected chi connectivity index (χ2v) is 4.22. The van der Waals surface area contributed by atoms with Crippen LogP contribution < -0.4 is 10.1 Å². The normalized spacial score (nSPS) is 12.3. The molecule has 0 fully saturated rings. The van der Waals surface area contributed by atoms with E-state index >= 15 is 0 Å². The SMILES string of the molecule is CCC(NCc1ccoc1)c1ccccc1OC. The number of nitrogens with one attached hydrogen (secondary N) is 1. The van der Waals surface area contributed by atoms with Crippen molar-refractivity contribution in [3.8, 4) is 5.75 Å². The van der Waals surface area contributed by atoms with Crippen molar-refractivity contribution >= 4 is 0 Å². The van der Waals surface area contributed by atoms with E-state index in [0.29, 0.717) is 0 Å². The second kappa shape index (κ2) is 6.26. The molecule has 0 radical (unpaired) electrons. The van der Waals surface area contributed by atoms with Crippen molar-refractivity contribution in [2.45, 2.75) is 25.9 Å². The monoisotopic (exact) mass is 245 g/mol. The molecule has 2 aromatic rings. The molecule has 0 bridgehead atoms. The summed E-state index contributed by atoms with van der Waals surface area (Å²) in [5.41, 5.74) is 2.36. The van der Waals surface area contributed by atoms with E-state index in [1.807, 2.05) is 24.3 Å². The summed E-state index contributed by atoms with van der Waals surface area (Å²) < 4.78 is 10.5. The summed E-state index contributed by atoms with van der Waals surface area (Å²) in [6.07, 6.45) is 4.47. The van der Waals surface area contributed by atoms with Gasteiger partial charge in [0.15, 0.2) is 0 Å². The third-order valence-electron chi connectivity index (χ3n) is 3.06. The highest BCUT2D eigenvalue weighted by Gasteiger charge is 2.13. The number of benzene rings is 1. The number of rotatable bonds is 6. The van der Waals surface area contributed by atoms with Gasteiger partial charge in [-0.2, -0.15) is 0 Å². The molecule has 0 spiro atoms. The van der Waals surface area contributed by atoms with E-state index < -0.39 is 0 Å². The van der Waals surface area contributed by atoms with Gasteiger partial charge >= 0.3 is 0 Å². The van der Waals surface area contributed by atoms with Gasteiger partial charge in [-0.05, 0) is 18.6 Å². The maximum absolute atomic E-state index is 5.41. The van der Waals surface area contributed by atoms with Crippen molar-refractivity contribution < 1.29 is 9.15 Å². The van der Waals surface area contributed by atoms with Gasteiger partial charge in [-0.3, -0.25) is 0 Å². The minimum atomic E-state index is 0.288.